The van der Waals surface area contributed by atoms with Gasteiger partial charge in [0.2, 0.25) is 0 Å². The average molecular weight is 425 g/mol. The number of carbonyl (C=O) groups is 1. The van der Waals surface area contributed by atoms with Crippen LogP contribution >= 0.6 is 7.26 Å². The normalized spacial score (nSPS) is 11.1. The van der Waals surface area contributed by atoms with Crippen LogP contribution in [0, 0.1) is 0 Å². The number of methoxy groups -OCH3 is 1. The molecule has 0 unspecified atom stereocenters. The molecule has 0 fully saturated rings. The van der Waals surface area contributed by atoms with Crippen molar-refractivity contribution < 1.29 is 9.53 Å². The molecular formula is C28H26O2P+. The second-order valence-electron chi connectivity index (χ2n) is 7.55. The fraction of sp³-hybridized carbons (Fsp3) is 0.107. The highest BCUT2D eigenvalue weighted by atomic mass is 31.2. The van der Waals surface area contributed by atoms with Gasteiger partial charge in [-0.2, -0.15) is 0 Å². The first kappa shape index (κ1) is 21.0. The number of esters is 1. The highest BCUT2D eigenvalue weighted by molar-refractivity contribution is 7.95. The van der Waals surface area contributed by atoms with E-state index >= 15 is 0 Å². The third-order valence-electron chi connectivity index (χ3n) is 5.58. The number of hydrogen-bond donors (Lipinski definition) is 0. The van der Waals surface area contributed by atoms with E-state index in [4.69, 9.17) is 4.74 Å². The molecule has 0 aliphatic heterocycles. The predicted octanol–water partition coefficient (Wildman–Crippen LogP) is 4.90. The van der Waals surface area contributed by atoms with Gasteiger partial charge in [-0.1, -0.05) is 78.9 Å². The van der Waals surface area contributed by atoms with Gasteiger partial charge in [0.05, 0.1) is 19.7 Å². The molecule has 0 radical (unpaired) electrons. The van der Waals surface area contributed by atoms with Crippen LogP contribution in [0.5, 0.6) is 0 Å². The van der Waals surface area contributed by atoms with Gasteiger partial charge in [0, 0.05) is 0 Å². The molecular weight excluding hydrogens is 399 g/mol. The van der Waals surface area contributed by atoms with Crippen molar-refractivity contribution in [2.45, 2.75) is 12.6 Å². The van der Waals surface area contributed by atoms with Gasteiger partial charge in [-0.15, -0.1) is 0 Å². The molecule has 0 N–H and O–H groups in total. The fourth-order valence-corrected chi connectivity index (χ4v) is 8.38. The van der Waals surface area contributed by atoms with Crippen molar-refractivity contribution in [2.75, 3.05) is 7.11 Å². The largest absolute Gasteiger partial charge is 0.469 e. The van der Waals surface area contributed by atoms with Crippen LogP contribution in [-0.2, 0) is 22.1 Å². The summed E-state index contributed by atoms with van der Waals surface area (Å²) in [6.07, 6.45) is 1.20. The van der Waals surface area contributed by atoms with E-state index in [1.165, 1.54) is 28.6 Å². The van der Waals surface area contributed by atoms with Gasteiger partial charge in [-0.25, -0.2) is 0 Å². The first-order chi connectivity index (χ1) is 15.2. The smallest absolute Gasteiger partial charge is 0.309 e. The number of benzene rings is 4. The van der Waals surface area contributed by atoms with Crippen molar-refractivity contribution in [1.29, 1.82) is 0 Å². The number of carbonyl (C=O) groups excluding carboxylic acids is 1. The molecule has 0 aromatic heterocycles. The minimum Gasteiger partial charge on any atom is -0.469 e. The highest BCUT2D eigenvalue weighted by Gasteiger charge is 2.45. The van der Waals surface area contributed by atoms with Gasteiger partial charge in [-0.3, -0.25) is 4.79 Å². The maximum atomic E-state index is 12.0. The van der Waals surface area contributed by atoms with Crippen molar-refractivity contribution >= 4 is 29.1 Å². The third kappa shape index (κ3) is 4.60. The third-order valence-corrected chi connectivity index (χ3v) is 9.94. The van der Waals surface area contributed by atoms with Gasteiger partial charge in [0.1, 0.15) is 23.2 Å². The zero-order valence-electron chi connectivity index (χ0n) is 17.6. The van der Waals surface area contributed by atoms with E-state index in [-0.39, 0.29) is 12.4 Å². The summed E-state index contributed by atoms with van der Waals surface area (Å²) in [6, 6.07) is 40.8. The Labute approximate surface area is 184 Å². The lowest BCUT2D eigenvalue weighted by Gasteiger charge is -2.28. The summed E-state index contributed by atoms with van der Waals surface area (Å²) in [5.41, 5.74) is 2.29. The van der Waals surface area contributed by atoms with Gasteiger partial charge in [-0.05, 0) is 47.5 Å². The molecule has 4 rings (SSSR count). The molecule has 0 saturated carbocycles. The van der Waals surface area contributed by atoms with Crippen molar-refractivity contribution in [3.05, 3.63) is 126 Å². The topological polar surface area (TPSA) is 26.3 Å². The Hall–Kier alpha value is -3.22. The zero-order chi connectivity index (χ0) is 21.5. The van der Waals surface area contributed by atoms with Crippen molar-refractivity contribution in [2.24, 2.45) is 0 Å². The van der Waals surface area contributed by atoms with Crippen LogP contribution in [0.2, 0.25) is 0 Å². The van der Waals surface area contributed by atoms with Crippen LogP contribution in [-0.4, -0.2) is 13.1 Å². The van der Waals surface area contributed by atoms with Crippen LogP contribution in [0.3, 0.4) is 0 Å². The van der Waals surface area contributed by atoms with Gasteiger partial charge in [0.15, 0.2) is 0 Å². The lowest BCUT2D eigenvalue weighted by molar-refractivity contribution is -0.139. The Morgan fingerprint density at radius 1 is 0.645 bits per heavy atom. The van der Waals surface area contributed by atoms with Crippen LogP contribution in [0.25, 0.3) is 0 Å². The molecule has 0 spiro atoms. The maximum absolute atomic E-state index is 12.0. The number of hydrogen-bond acceptors (Lipinski definition) is 2. The Balaban J connectivity index is 1.96. The Morgan fingerprint density at radius 3 is 1.68 bits per heavy atom. The predicted molar refractivity (Wildman–Crippen MR) is 131 cm³/mol. The van der Waals surface area contributed by atoms with Crippen molar-refractivity contribution in [1.82, 2.24) is 0 Å². The standard InChI is InChI=1S/C28H26O2P/c1-30-28(29)21-24-14-11-19-27(20-24)31(25-15-7-3-8-16-25,26-17-9-4-10-18-26)22-23-12-5-2-6-13-23/h2-20H,21-22H2,1H3/q+1. The van der Waals surface area contributed by atoms with E-state index < -0.39 is 7.26 Å². The molecule has 0 saturated heterocycles. The fourth-order valence-electron chi connectivity index (χ4n) is 4.09. The molecule has 0 amide bonds. The van der Waals surface area contributed by atoms with Gasteiger partial charge in [0.25, 0.3) is 0 Å². The van der Waals surface area contributed by atoms with Crippen molar-refractivity contribution in [3.63, 3.8) is 0 Å². The molecule has 0 aliphatic rings. The minimum atomic E-state index is -2.01. The van der Waals surface area contributed by atoms with E-state index in [0.717, 1.165) is 11.7 Å². The summed E-state index contributed by atoms with van der Waals surface area (Å²) in [4.78, 5) is 12.0. The van der Waals surface area contributed by atoms with E-state index in [2.05, 4.69) is 109 Å². The summed E-state index contributed by atoms with van der Waals surface area (Å²) in [6.45, 7) is 0. The maximum Gasteiger partial charge on any atom is 0.309 e. The Kier molecular flexibility index (Phi) is 6.60. The van der Waals surface area contributed by atoms with E-state index in [0.29, 0.717) is 0 Å². The molecule has 0 heterocycles. The van der Waals surface area contributed by atoms with Gasteiger partial charge >= 0.3 is 5.97 Å². The van der Waals surface area contributed by atoms with Gasteiger partial charge < -0.3 is 4.74 Å². The van der Waals surface area contributed by atoms with Crippen LogP contribution in [0.1, 0.15) is 11.1 Å². The summed E-state index contributed by atoms with van der Waals surface area (Å²) >= 11 is 0. The molecule has 4 aromatic carbocycles. The summed E-state index contributed by atoms with van der Waals surface area (Å²) in [5.74, 6) is -0.219. The summed E-state index contributed by atoms with van der Waals surface area (Å²) in [7, 11) is -0.569. The molecule has 0 aliphatic carbocycles. The average Bonchev–Trinajstić information content (AvgIpc) is 2.84. The quantitative estimate of drug-likeness (QED) is 0.311. The van der Waals surface area contributed by atoms with E-state index in [1.807, 2.05) is 6.07 Å². The van der Waals surface area contributed by atoms with E-state index in [9.17, 15) is 4.79 Å². The summed E-state index contributed by atoms with van der Waals surface area (Å²) < 4.78 is 4.91. The Bertz CT molecular complexity index is 1090. The molecule has 4 aromatic rings. The Morgan fingerprint density at radius 2 is 1.13 bits per heavy atom. The number of ether oxygens (including phenoxy) is 1. The van der Waals surface area contributed by atoms with E-state index in [1.54, 1.807) is 0 Å². The summed E-state index contributed by atoms with van der Waals surface area (Å²) in [5, 5.41) is 3.94. The first-order valence-corrected chi connectivity index (χ1v) is 12.4. The van der Waals surface area contributed by atoms with Crippen LogP contribution in [0.4, 0.5) is 0 Å². The van der Waals surface area contributed by atoms with Crippen LogP contribution in [0.15, 0.2) is 115 Å². The molecule has 154 valence electrons. The first-order valence-electron chi connectivity index (χ1n) is 10.4. The molecule has 0 bridgehead atoms. The highest BCUT2D eigenvalue weighted by Crippen LogP contribution is 2.58. The lowest BCUT2D eigenvalue weighted by Crippen LogP contribution is -2.32. The number of rotatable bonds is 7. The molecule has 31 heavy (non-hydrogen) atoms. The SMILES string of the molecule is COC(=O)Cc1cccc([P+](Cc2ccccc2)(c2ccccc2)c2ccccc2)c1. The van der Waals surface area contributed by atoms with Crippen LogP contribution < -0.4 is 15.9 Å². The second-order valence-corrected chi connectivity index (χ2v) is 11.0. The zero-order valence-corrected chi connectivity index (χ0v) is 18.5. The molecule has 3 heteroatoms. The second kappa shape index (κ2) is 9.73. The molecule has 0 atom stereocenters. The monoisotopic (exact) mass is 425 g/mol. The molecule has 2 nitrogen and oxygen atoms in total. The minimum absolute atomic E-state index is 0.219. The van der Waals surface area contributed by atoms with Crippen molar-refractivity contribution in [3.8, 4) is 0 Å². The lowest BCUT2D eigenvalue weighted by atomic mass is 10.1.